The van der Waals surface area contributed by atoms with Crippen LogP contribution in [0.3, 0.4) is 0 Å². The van der Waals surface area contributed by atoms with Crippen molar-refractivity contribution in [1.82, 2.24) is 9.97 Å². The second kappa shape index (κ2) is 6.45. The van der Waals surface area contributed by atoms with Crippen LogP contribution in [0.5, 0.6) is 0 Å². The molecule has 1 amide bonds. The topological polar surface area (TPSA) is 81.2 Å². The van der Waals surface area contributed by atoms with Gasteiger partial charge in [0.2, 0.25) is 11.7 Å². The molecule has 0 aromatic carbocycles. The first-order valence-electron chi connectivity index (χ1n) is 6.39. The lowest BCUT2D eigenvalue weighted by molar-refractivity contribution is -0.114. The van der Waals surface area contributed by atoms with E-state index < -0.39 is 5.97 Å². The highest BCUT2D eigenvalue weighted by molar-refractivity contribution is 7.16. The van der Waals surface area contributed by atoms with Crippen molar-refractivity contribution in [3.8, 4) is 10.6 Å². The maximum Gasteiger partial charge on any atom is 0.376 e. The fourth-order valence-corrected chi connectivity index (χ4v) is 2.66. The van der Waals surface area contributed by atoms with Crippen LogP contribution in [-0.2, 0) is 9.53 Å². The molecule has 2 rings (SSSR count). The van der Waals surface area contributed by atoms with E-state index in [1.807, 2.05) is 13.0 Å². The number of ether oxygens (including phenoxy) is 1. The second-order valence-corrected chi connectivity index (χ2v) is 5.50. The fourth-order valence-electron chi connectivity index (χ4n) is 1.71. The highest BCUT2D eigenvalue weighted by Gasteiger charge is 2.14. The van der Waals surface area contributed by atoms with E-state index in [0.29, 0.717) is 5.69 Å². The lowest BCUT2D eigenvalue weighted by atomic mass is 10.3. The SMILES string of the molecule is CCOC(=O)c1nccc(-c2cc(NC(C)=O)c(C)s2)n1. The molecule has 0 aliphatic carbocycles. The van der Waals surface area contributed by atoms with Crippen molar-refractivity contribution >= 4 is 28.9 Å². The first kappa shape index (κ1) is 15.1. The minimum atomic E-state index is -0.547. The van der Waals surface area contributed by atoms with Crippen LogP contribution >= 0.6 is 11.3 Å². The number of aromatic nitrogens is 2. The maximum absolute atomic E-state index is 11.6. The van der Waals surface area contributed by atoms with Gasteiger partial charge >= 0.3 is 5.97 Å². The Labute approximate surface area is 126 Å². The lowest BCUT2D eigenvalue weighted by Crippen LogP contribution is -2.09. The van der Waals surface area contributed by atoms with Crippen molar-refractivity contribution in [3.63, 3.8) is 0 Å². The van der Waals surface area contributed by atoms with Crippen molar-refractivity contribution in [3.05, 3.63) is 29.0 Å². The molecule has 0 aliphatic rings. The number of carbonyl (C=O) groups is 2. The summed E-state index contributed by atoms with van der Waals surface area (Å²) in [6.45, 7) is 5.37. The van der Waals surface area contributed by atoms with Crippen LogP contribution in [0.15, 0.2) is 18.3 Å². The van der Waals surface area contributed by atoms with Gasteiger partial charge in [-0.25, -0.2) is 14.8 Å². The smallest absolute Gasteiger partial charge is 0.376 e. The number of aryl methyl sites for hydroxylation is 1. The minimum Gasteiger partial charge on any atom is -0.460 e. The van der Waals surface area contributed by atoms with E-state index in [-0.39, 0.29) is 18.3 Å². The normalized spacial score (nSPS) is 10.2. The molecular weight excluding hydrogens is 290 g/mol. The van der Waals surface area contributed by atoms with Crippen LogP contribution < -0.4 is 5.32 Å². The molecule has 110 valence electrons. The number of nitrogens with zero attached hydrogens (tertiary/aromatic N) is 2. The molecule has 1 N–H and O–H groups in total. The van der Waals surface area contributed by atoms with E-state index in [1.54, 1.807) is 13.0 Å². The summed E-state index contributed by atoms with van der Waals surface area (Å²) in [6, 6.07) is 3.55. The zero-order valence-corrected chi connectivity index (χ0v) is 12.8. The molecule has 2 aromatic rings. The Morgan fingerprint density at radius 3 is 2.86 bits per heavy atom. The van der Waals surface area contributed by atoms with Gasteiger partial charge in [-0.2, -0.15) is 0 Å². The van der Waals surface area contributed by atoms with E-state index in [2.05, 4.69) is 15.3 Å². The van der Waals surface area contributed by atoms with Crippen molar-refractivity contribution in [1.29, 1.82) is 0 Å². The monoisotopic (exact) mass is 305 g/mol. The molecular formula is C14H15N3O3S. The molecule has 2 aromatic heterocycles. The standard InChI is InChI=1S/C14H15N3O3S/c1-4-20-14(19)13-15-6-5-10(17-13)12-7-11(8(2)21-12)16-9(3)18/h5-7H,4H2,1-3H3,(H,16,18). The van der Waals surface area contributed by atoms with Crippen LogP contribution in [-0.4, -0.2) is 28.5 Å². The van der Waals surface area contributed by atoms with Crippen molar-refractivity contribution in [2.45, 2.75) is 20.8 Å². The lowest BCUT2D eigenvalue weighted by Gasteiger charge is -2.01. The summed E-state index contributed by atoms with van der Waals surface area (Å²) in [5, 5.41) is 2.76. The van der Waals surface area contributed by atoms with E-state index in [0.717, 1.165) is 15.4 Å². The van der Waals surface area contributed by atoms with Gasteiger partial charge in [0.1, 0.15) is 0 Å². The number of amides is 1. The van der Waals surface area contributed by atoms with Gasteiger partial charge in [0, 0.05) is 18.0 Å². The summed E-state index contributed by atoms with van der Waals surface area (Å²) in [5.74, 6) is -0.645. The Hall–Kier alpha value is -2.28. The summed E-state index contributed by atoms with van der Waals surface area (Å²) in [7, 11) is 0. The average Bonchev–Trinajstić information content (AvgIpc) is 2.80. The molecule has 6 nitrogen and oxygen atoms in total. The number of rotatable bonds is 4. The minimum absolute atomic E-state index is 0.0291. The molecule has 0 saturated carbocycles. The summed E-state index contributed by atoms with van der Waals surface area (Å²) in [4.78, 5) is 32.7. The number of anilines is 1. The summed E-state index contributed by atoms with van der Waals surface area (Å²) in [5.41, 5.74) is 1.37. The molecule has 0 saturated heterocycles. The average molecular weight is 305 g/mol. The Kier molecular flexibility index (Phi) is 4.64. The predicted octanol–water partition coefficient (Wildman–Crippen LogP) is 2.65. The highest BCUT2D eigenvalue weighted by Crippen LogP contribution is 2.33. The van der Waals surface area contributed by atoms with Gasteiger partial charge in [0.05, 0.1) is 22.9 Å². The van der Waals surface area contributed by atoms with Gasteiger partial charge < -0.3 is 10.1 Å². The molecule has 2 heterocycles. The largest absolute Gasteiger partial charge is 0.460 e. The van der Waals surface area contributed by atoms with Crippen LogP contribution in [0.2, 0.25) is 0 Å². The van der Waals surface area contributed by atoms with Gasteiger partial charge in [-0.3, -0.25) is 4.79 Å². The molecule has 0 aliphatic heterocycles. The quantitative estimate of drug-likeness (QED) is 0.878. The zero-order chi connectivity index (χ0) is 15.4. The van der Waals surface area contributed by atoms with Crippen molar-refractivity contribution < 1.29 is 14.3 Å². The molecule has 0 atom stereocenters. The highest BCUT2D eigenvalue weighted by atomic mass is 32.1. The number of nitrogens with one attached hydrogen (secondary N) is 1. The van der Waals surface area contributed by atoms with Crippen LogP contribution in [0.25, 0.3) is 10.6 Å². The van der Waals surface area contributed by atoms with Crippen LogP contribution in [0.1, 0.15) is 29.3 Å². The van der Waals surface area contributed by atoms with E-state index in [9.17, 15) is 9.59 Å². The van der Waals surface area contributed by atoms with Gasteiger partial charge in [0.25, 0.3) is 0 Å². The first-order chi connectivity index (χ1) is 10.0. The third-order valence-corrected chi connectivity index (χ3v) is 3.67. The summed E-state index contributed by atoms with van der Waals surface area (Å²) in [6.07, 6.45) is 1.52. The van der Waals surface area contributed by atoms with Crippen LogP contribution in [0, 0.1) is 6.92 Å². The Morgan fingerprint density at radius 2 is 2.19 bits per heavy atom. The number of carbonyl (C=O) groups excluding carboxylic acids is 2. The van der Waals surface area contributed by atoms with Gasteiger partial charge in [-0.15, -0.1) is 11.3 Å². The molecule has 0 spiro atoms. The maximum atomic E-state index is 11.6. The third kappa shape index (κ3) is 3.63. The van der Waals surface area contributed by atoms with Gasteiger partial charge in [-0.1, -0.05) is 0 Å². The Balaban J connectivity index is 2.32. The molecule has 7 heteroatoms. The number of hydrogen-bond acceptors (Lipinski definition) is 6. The third-order valence-electron chi connectivity index (χ3n) is 2.59. The zero-order valence-electron chi connectivity index (χ0n) is 12.0. The number of esters is 1. The van der Waals surface area contributed by atoms with Crippen molar-refractivity contribution in [2.75, 3.05) is 11.9 Å². The predicted molar refractivity (Wildman–Crippen MR) is 80.3 cm³/mol. The molecule has 21 heavy (non-hydrogen) atoms. The Bertz CT molecular complexity index is 682. The van der Waals surface area contributed by atoms with Crippen LogP contribution in [0.4, 0.5) is 5.69 Å². The number of thiophene rings is 1. The second-order valence-electron chi connectivity index (χ2n) is 4.25. The van der Waals surface area contributed by atoms with E-state index in [4.69, 9.17) is 4.74 Å². The Morgan fingerprint density at radius 1 is 1.43 bits per heavy atom. The molecule has 0 fully saturated rings. The van der Waals surface area contributed by atoms with E-state index in [1.165, 1.54) is 24.5 Å². The van der Waals surface area contributed by atoms with Gasteiger partial charge in [0.15, 0.2) is 0 Å². The van der Waals surface area contributed by atoms with Crippen molar-refractivity contribution in [2.24, 2.45) is 0 Å². The first-order valence-corrected chi connectivity index (χ1v) is 7.21. The number of hydrogen-bond donors (Lipinski definition) is 1. The summed E-state index contributed by atoms with van der Waals surface area (Å²) >= 11 is 1.49. The summed E-state index contributed by atoms with van der Waals surface area (Å²) < 4.78 is 4.88. The fraction of sp³-hybridized carbons (Fsp3) is 0.286. The molecule has 0 bridgehead atoms. The van der Waals surface area contributed by atoms with E-state index >= 15 is 0 Å². The molecule has 0 radical (unpaired) electrons. The van der Waals surface area contributed by atoms with Gasteiger partial charge in [-0.05, 0) is 26.0 Å². The molecule has 0 unspecified atom stereocenters.